The number of fused-ring (bicyclic) bond motifs is 4. The number of aliphatic carboxylic acids is 1. The van der Waals surface area contributed by atoms with Crippen molar-refractivity contribution in [2.45, 2.75) is 25.1 Å². The molecule has 0 unspecified atom stereocenters. The third-order valence-electron chi connectivity index (χ3n) is 5.03. The van der Waals surface area contributed by atoms with Gasteiger partial charge in [-0.15, -0.1) is 0 Å². The van der Waals surface area contributed by atoms with E-state index in [1.807, 2.05) is 6.07 Å². The number of carboxylic acid groups (broad SMARTS) is 1. The minimum Gasteiger partial charge on any atom is -0.475 e. The van der Waals surface area contributed by atoms with Crippen molar-refractivity contribution in [1.29, 1.82) is 5.26 Å². The van der Waals surface area contributed by atoms with Gasteiger partial charge in [0.25, 0.3) is 5.91 Å². The van der Waals surface area contributed by atoms with Gasteiger partial charge in [-0.3, -0.25) is 4.79 Å². The third kappa shape index (κ3) is 4.83. The fourth-order valence-corrected chi connectivity index (χ4v) is 4.35. The molecule has 3 aliphatic rings. The van der Waals surface area contributed by atoms with E-state index in [4.69, 9.17) is 15.2 Å². The molecule has 0 aliphatic carbocycles. The molecule has 2 aromatic rings. The Hall–Kier alpha value is -2.71. The van der Waals surface area contributed by atoms with Crippen LogP contribution in [0.15, 0.2) is 18.2 Å². The van der Waals surface area contributed by atoms with Gasteiger partial charge < -0.3 is 15.3 Å². The van der Waals surface area contributed by atoms with Crippen LogP contribution in [0.4, 0.5) is 13.2 Å². The van der Waals surface area contributed by atoms with Crippen LogP contribution >= 0.6 is 11.5 Å². The highest BCUT2D eigenvalue weighted by atomic mass is 32.1. The molecule has 3 aliphatic heterocycles. The van der Waals surface area contributed by atoms with Gasteiger partial charge in [-0.05, 0) is 61.6 Å². The molecule has 4 heterocycles. The van der Waals surface area contributed by atoms with Crippen molar-refractivity contribution in [3.05, 3.63) is 29.5 Å². The van der Waals surface area contributed by atoms with Crippen molar-refractivity contribution in [2.24, 2.45) is 5.92 Å². The van der Waals surface area contributed by atoms with E-state index in [0.717, 1.165) is 29.7 Å². The normalized spacial score (nSPS) is 23.0. The van der Waals surface area contributed by atoms with Crippen molar-refractivity contribution in [3.63, 3.8) is 0 Å². The molecule has 5 rings (SSSR count). The summed E-state index contributed by atoms with van der Waals surface area (Å²) >= 11 is 1.28. The molecular formula is C18H17F3N4O3S. The summed E-state index contributed by atoms with van der Waals surface area (Å²) in [5.74, 6) is -2.24. The average Bonchev–Trinajstić information content (AvgIpc) is 3.12. The summed E-state index contributed by atoms with van der Waals surface area (Å²) in [5, 5.41) is 20.1. The van der Waals surface area contributed by atoms with Gasteiger partial charge >= 0.3 is 12.1 Å². The Kier molecular flexibility index (Phi) is 6.04. The molecule has 0 saturated carbocycles. The first kappa shape index (κ1) is 21.0. The predicted octanol–water partition coefficient (Wildman–Crippen LogP) is 2.63. The number of nitriles is 1. The van der Waals surface area contributed by atoms with Crippen LogP contribution < -0.4 is 5.32 Å². The lowest BCUT2D eigenvalue weighted by molar-refractivity contribution is -0.192. The minimum absolute atomic E-state index is 0.0882. The number of carbonyl (C=O) groups is 2. The number of carbonyl (C=O) groups excluding carboxylic acids is 1. The van der Waals surface area contributed by atoms with Crippen LogP contribution in [-0.2, 0) is 4.79 Å². The highest BCUT2D eigenvalue weighted by molar-refractivity contribution is 7.13. The first-order chi connectivity index (χ1) is 13.7. The number of nitrogens with zero attached hydrogens (tertiary/aromatic N) is 3. The van der Waals surface area contributed by atoms with Crippen LogP contribution in [0.3, 0.4) is 0 Å². The van der Waals surface area contributed by atoms with Gasteiger partial charge in [-0.2, -0.15) is 22.8 Å². The van der Waals surface area contributed by atoms with Crippen molar-refractivity contribution in [1.82, 2.24) is 14.6 Å². The molecule has 3 fully saturated rings. The molecule has 29 heavy (non-hydrogen) atoms. The second-order valence-corrected chi connectivity index (χ2v) is 7.68. The highest BCUT2D eigenvalue weighted by Gasteiger charge is 2.38. The van der Waals surface area contributed by atoms with Gasteiger partial charge in [-0.25, -0.2) is 4.79 Å². The largest absolute Gasteiger partial charge is 0.490 e. The Bertz CT molecular complexity index is 961. The van der Waals surface area contributed by atoms with Crippen molar-refractivity contribution in [3.8, 4) is 6.07 Å². The molecule has 2 bridgehead atoms. The Labute approximate surface area is 167 Å². The van der Waals surface area contributed by atoms with Crippen LogP contribution in [0.1, 0.15) is 28.9 Å². The number of carboxylic acids is 1. The minimum atomic E-state index is -5.08. The molecule has 2 N–H and O–H groups in total. The van der Waals surface area contributed by atoms with Gasteiger partial charge in [-0.1, -0.05) is 0 Å². The SMILES string of the molecule is N#Cc1ccc2c(C(=O)N[C@H]3CN4CCC3CC4)nsc2c1.O=C(O)C(F)(F)F. The summed E-state index contributed by atoms with van der Waals surface area (Å²) in [4.78, 5) is 23.9. The van der Waals surface area contributed by atoms with Crippen molar-refractivity contribution < 1.29 is 27.9 Å². The van der Waals surface area contributed by atoms with Gasteiger partial charge in [0, 0.05) is 18.0 Å². The number of piperidine rings is 3. The number of hydrogen-bond acceptors (Lipinski definition) is 6. The monoisotopic (exact) mass is 426 g/mol. The van der Waals surface area contributed by atoms with E-state index in [0.29, 0.717) is 17.2 Å². The van der Waals surface area contributed by atoms with Crippen molar-refractivity contribution >= 4 is 33.5 Å². The molecule has 1 atom stereocenters. The van der Waals surface area contributed by atoms with E-state index in [1.54, 1.807) is 12.1 Å². The molecule has 0 radical (unpaired) electrons. The first-order valence-electron chi connectivity index (χ1n) is 8.82. The Morgan fingerprint density at radius 1 is 1.31 bits per heavy atom. The summed E-state index contributed by atoms with van der Waals surface area (Å²) in [5.41, 5.74) is 1.08. The van der Waals surface area contributed by atoms with Crippen molar-refractivity contribution in [2.75, 3.05) is 19.6 Å². The van der Waals surface area contributed by atoms with Crippen LogP contribution in [0.5, 0.6) is 0 Å². The van der Waals surface area contributed by atoms with E-state index in [1.165, 1.54) is 24.4 Å². The van der Waals surface area contributed by atoms with Gasteiger partial charge in [0.1, 0.15) is 5.69 Å². The lowest BCUT2D eigenvalue weighted by Crippen LogP contribution is -2.57. The molecule has 1 amide bonds. The Morgan fingerprint density at radius 2 is 1.97 bits per heavy atom. The summed E-state index contributed by atoms with van der Waals surface area (Å²) in [6, 6.07) is 7.71. The number of rotatable bonds is 2. The van der Waals surface area contributed by atoms with Crippen LogP contribution in [0.2, 0.25) is 0 Å². The number of amides is 1. The average molecular weight is 426 g/mol. The fourth-order valence-electron chi connectivity index (χ4n) is 3.54. The summed E-state index contributed by atoms with van der Waals surface area (Å²) < 4.78 is 36.9. The standard InChI is InChI=1S/C16H16N4OS.C2HF3O2/c17-8-10-1-2-12-14(7-10)22-19-15(12)16(21)18-13-9-20-5-3-11(13)4-6-20;3-2(4,5)1(6)7/h1-2,7,11,13H,3-6,9H2,(H,18,21);(H,6,7)/t13-;/m0./s1. The second kappa shape index (κ2) is 8.34. The van der Waals surface area contributed by atoms with E-state index >= 15 is 0 Å². The molecule has 1 aromatic carbocycles. The van der Waals surface area contributed by atoms with Gasteiger partial charge in [0.05, 0.1) is 16.3 Å². The van der Waals surface area contributed by atoms with Crippen LogP contribution in [0.25, 0.3) is 10.1 Å². The summed E-state index contributed by atoms with van der Waals surface area (Å²) in [6.45, 7) is 3.28. The predicted molar refractivity (Wildman–Crippen MR) is 98.4 cm³/mol. The van der Waals surface area contributed by atoms with E-state index in [9.17, 15) is 18.0 Å². The van der Waals surface area contributed by atoms with Crippen LogP contribution in [-0.4, -0.2) is 58.1 Å². The number of benzene rings is 1. The third-order valence-corrected chi connectivity index (χ3v) is 5.84. The number of nitrogens with one attached hydrogen (secondary N) is 1. The molecule has 0 spiro atoms. The number of alkyl halides is 3. The quantitative estimate of drug-likeness (QED) is 0.765. The highest BCUT2D eigenvalue weighted by Crippen LogP contribution is 2.29. The number of hydrogen-bond donors (Lipinski definition) is 2. The maximum atomic E-state index is 12.6. The van der Waals surface area contributed by atoms with E-state index < -0.39 is 12.1 Å². The summed E-state index contributed by atoms with van der Waals surface area (Å²) in [7, 11) is 0. The molecule has 11 heteroatoms. The smallest absolute Gasteiger partial charge is 0.475 e. The van der Waals surface area contributed by atoms with Gasteiger partial charge in [0.2, 0.25) is 0 Å². The molecule has 154 valence electrons. The Balaban J connectivity index is 0.000000298. The summed E-state index contributed by atoms with van der Waals surface area (Å²) in [6.07, 6.45) is -2.73. The first-order valence-corrected chi connectivity index (χ1v) is 9.59. The van der Waals surface area contributed by atoms with Crippen LogP contribution in [0, 0.1) is 17.2 Å². The number of halogens is 3. The zero-order valence-electron chi connectivity index (χ0n) is 15.1. The van der Waals surface area contributed by atoms with E-state index in [2.05, 4.69) is 20.7 Å². The maximum Gasteiger partial charge on any atom is 0.490 e. The zero-order chi connectivity index (χ0) is 21.2. The fraction of sp³-hybridized carbons (Fsp3) is 0.444. The lowest BCUT2D eigenvalue weighted by atomic mass is 9.84. The molecule has 3 saturated heterocycles. The Morgan fingerprint density at radius 3 is 2.48 bits per heavy atom. The molecule has 1 aromatic heterocycles. The van der Waals surface area contributed by atoms with Gasteiger partial charge in [0.15, 0.2) is 0 Å². The van der Waals surface area contributed by atoms with E-state index in [-0.39, 0.29) is 11.9 Å². The topological polar surface area (TPSA) is 106 Å². The molecule has 7 nitrogen and oxygen atoms in total. The number of aromatic nitrogens is 1. The maximum absolute atomic E-state index is 12.6. The lowest BCUT2D eigenvalue weighted by Gasteiger charge is -2.44. The zero-order valence-corrected chi connectivity index (χ0v) is 15.9. The second-order valence-electron chi connectivity index (χ2n) is 6.87. The molecular weight excluding hydrogens is 409 g/mol.